The Hall–Kier alpha value is -1.05. The third kappa shape index (κ3) is 2.99. The first-order chi connectivity index (χ1) is 7.57. The maximum Gasteiger partial charge on any atom is 0.418 e. The van der Waals surface area contributed by atoms with E-state index in [0.717, 1.165) is 0 Å². The number of alkyl halides is 6. The SMILES string of the molecule is CSc1cc(O)cc(C(F)(F)F)c1C(F)(F)F. The fourth-order valence-electron chi connectivity index (χ4n) is 1.28. The van der Waals surface area contributed by atoms with Crippen LogP contribution in [0.2, 0.25) is 0 Å². The van der Waals surface area contributed by atoms with Crippen molar-refractivity contribution in [2.24, 2.45) is 0 Å². The first-order valence-electron chi connectivity index (χ1n) is 4.12. The molecular formula is C9H6F6OS. The Morgan fingerprint density at radius 1 is 1.00 bits per heavy atom. The molecule has 1 aromatic rings. The van der Waals surface area contributed by atoms with Crippen LogP contribution in [0, 0.1) is 0 Å². The Morgan fingerprint density at radius 3 is 1.88 bits per heavy atom. The Bertz CT molecular complexity index is 423. The quantitative estimate of drug-likeness (QED) is 0.614. The van der Waals surface area contributed by atoms with Gasteiger partial charge in [-0.2, -0.15) is 26.3 Å². The first-order valence-corrected chi connectivity index (χ1v) is 5.35. The Labute approximate surface area is 96.4 Å². The lowest BCUT2D eigenvalue weighted by Crippen LogP contribution is -2.17. The molecule has 1 aromatic carbocycles. The summed E-state index contributed by atoms with van der Waals surface area (Å²) in [5.41, 5.74) is -3.65. The minimum absolute atomic E-state index is 0.0720. The molecular weight excluding hydrogens is 270 g/mol. The molecule has 0 saturated heterocycles. The van der Waals surface area contributed by atoms with E-state index in [1.165, 1.54) is 6.26 Å². The number of hydrogen-bond acceptors (Lipinski definition) is 2. The van der Waals surface area contributed by atoms with Gasteiger partial charge in [-0.1, -0.05) is 0 Å². The molecule has 0 unspecified atom stereocenters. The summed E-state index contributed by atoms with van der Waals surface area (Å²) in [6.45, 7) is 0. The molecule has 0 radical (unpaired) electrons. The number of benzene rings is 1. The maximum absolute atomic E-state index is 12.6. The summed E-state index contributed by atoms with van der Waals surface area (Å²) in [5, 5.41) is 9.00. The molecule has 0 aliphatic heterocycles. The van der Waals surface area contributed by atoms with Crippen molar-refractivity contribution >= 4 is 11.8 Å². The molecule has 0 atom stereocenters. The lowest BCUT2D eigenvalue weighted by molar-refractivity contribution is -0.163. The van der Waals surface area contributed by atoms with Crippen LogP contribution in [0.5, 0.6) is 5.75 Å². The molecule has 0 heterocycles. The van der Waals surface area contributed by atoms with Gasteiger partial charge in [-0.15, -0.1) is 11.8 Å². The lowest BCUT2D eigenvalue weighted by atomic mass is 10.1. The first kappa shape index (κ1) is 14.0. The van der Waals surface area contributed by atoms with Gasteiger partial charge >= 0.3 is 12.4 Å². The highest BCUT2D eigenvalue weighted by Crippen LogP contribution is 2.45. The van der Waals surface area contributed by atoms with E-state index in [2.05, 4.69) is 0 Å². The van der Waals surface area contributed by atoms with Crippen molar-refractivity contribution in [3.63, 3.8) is 0 Å². The minimum Gasteiger partial charge on any atom is -0.508 e. The van der Waals surface area contributed by atoms with Gasteiger partial charge in [-0.25, -0.2) is 0 Å². The van der Waals surface area contributed by atoms with Gasteiger partial charge in [0.05, 0.1) is 11.1 Å². The fourth-order valence-corrected chi connectivity index (χ4v) is 1.95. The zero-order valence-corrected chi connectivity index (χ0v) is 9.09. The monoisotopic (exact) mass is 276 g/mol. The number of thioether (sulfide) groups is 1. The molecule has 0 aromatic heterocycles. The molecule has 0 amide bonds. The van der Waals surface area contributed by atoms with Crippen LogP contribution in [-0.4, -0.2) is 11.4 Å². The summed E-state index contributed by atoms with van der Waals surface area (Å²) in [6.07, 6.45) is -9.10. The van der Waals surface area contributed by atoms with Crippen LogP contribution in [0.3, 0.4) is 0 Å². The largest absolute Gasteiger partial charge is 0.508 e. The Morgan fingerprint density at radius 2 is 1.53 bits per heavy atom. The summed E-state index contributed by atoms with van der Waals surface area (Å²) >= 11 is 0.487. The molecule has 0 aliphatic rings. The molecule has 0 bridgehead atoms. The van der Waals surface area contributed by atoms with Gasteiger partial charge < -0.3 is 5.11 Å². The molecule has 0 spiro atoms. The van der Waals surface area contributed by atoms with E-state index in [0.29, 0.717) is 17.8 Å². The number of phenols is 1. The van der Waals surface area contributed by atoms with E-state index in [-0.39, 0.29) is 6.07 Å². The fraction of sp³-hybridized carbons (Fsp3) is 0.333. The number of hydrogen-bond donors (Lipinski definition) is 1. The summed E-state index contributed by atoms with van der Waals surface area (Å²) in [5.74, 6) is -0.852. The molecule has 1 nitrogen and oxygen atoms in total. The van der Waals surface area contributed by atoms with Gasteiger partial charge in [0.25, 0.3) is 0 Å². The Balaban J connectivity index is 3.63. The molecule has 8 heteroatoms. The predicted molar refractivity (Wildman–Crippen MR) is 49.9 cm³/mol. The summed E-state index contributed by atoms with van der Waals surface area (Å²) in [4.78, 5) is -0.662. The average molecular weight is 276 g/mol. The van der Waals surface area contributed by atoms with E-state index < -0.39 is 34.1 Å². The van der Waals surface area contributed by atoms with Gasteiger partial charge in [-0.05, 0) is 18.4 Å². The van der Waals surface area contributed by atoms with E-state index >= 15 is 0 Å². The average Bonchev–Trinajstić information content (AvgIpc) is 2.12. The Kier molecular flexibility index (Phi) is 3.56. The van der Waals surface area contributed by atoms with E-state index in [4.69, 9.17) is 5.11 Å². The zero-order valence-electron chi connectivity index (χ0n) is 8.28. The number of halogens is 6. The second-order valence-electron chi connectivity index (χ2n) is 3.07. The van der Waals surface area contributed by atoms with Gasteiger partial charge in [0.2, 0.25) is 0 Å². The highest BCUT2D eigenvalue weighted by atomic mass is 32.2. The standard InChI is InChI=1S/C9H6F6OS/c1-17-6-3-4(16)2-5(8(10,11)12)7(6)9(13,14)15/h2-3,16H,1H3. The van der Waals surface area contributed by atoms with E-state index in [1.807, 2.05) is 0 Å². The molecule has 1 N–H and O–H groups in total. The second kappa shape index (κ2) is 4.32. The molecule has 1 rings (SSSR count). The smallest absolute Gasteiger partial charge is 0.418 e. The van der Waals surface area contributed by atoms with Crippen LogP contribution in [0.1, 0.15) is 11.1 Å². The number of phenolic OH excluding ortho intramolecular Hbond substituents is 1. The minimum atomic E-state index is -5.17. The third-order valence-electron chi connectivity index (χ3n) is 1.90. The lowest BCUT2D eigenvalue weighted by Gasteiger charge is -2.18. The van der Waals surface area contributed by atoms with Crippen LogP contribution in [0.4, 0.5) is 26.3 Å². The predicted octanol–water partition coefficient (Wildman–Crippen LogP) is 4.15. The summed E-state index contributed by atoms with van der Waals surface area (Å²) < 4.78 is 75.1. The van der Waals surface area contributed by atoms with Gasteiger partial charge in [0, 0.05) is 4.90 Å². The van der Waals surface area contributed by atoms with Crippen molar-refractivity contribution < 1.29 is 31.4 Å². The maximum atomic E-state index is 12.6. The van der Waals surface area contributed by atoms with Crippen molar-refractivity contribution in [2.45, 2.75) is 17.2 Å². The normalized spacial score (nSPS) is 12.9. The third-order valence-corrected chi connectivity index (χ3v) is 2.66. The molecule has 0 fully saturated rings. The van der Waals surface area contributed by atoms with Crippen molar-refractivity contribution in [1.82, 2.24) is 0 Å². The molecule has 0 aliphatic carbocycles. The van der Waals surface area contributed by atoms with Gasteiger partial charge in [-0.3, -0.25) is 0 Å². The molecule has 0 saturated carbocycles. The van der Waals surface area contributed by atoms with Gasteiger partial charge in [0.1, 0.15) is 5.75 Å². The van der Waals surface area contributed by atoms with Crippen LogP contribution >= 0.6 is 11.8 Å². The molecule has 17 heavy (non-hydrogen) atoms. The topological polar surface area (TPSA) is 20.2 Å². The number of rotatable bonds is 1. The van der Waals surface area contributed by atoms with E-state index in [9.17, 15) is 26.3 Å². The highest BCUT2D eigenvalue weighted by molar-refractivity contribution is 7.98. The summed E-state index contributed by atoms with van der Waals surface area (Å²) in [6, 6.07) is 0.727. The summed E-state index contributed by atoms with van der Waals surface area (Å²) in [7, 11) is 0. The number of aromatic hydroxyl groups is 1. The van der Waals surface area contributed by atoms with Crippen LogP contribution in [-0.2, 0) is 12.4 Å². The van der Waals surface area contributed by atoms with Crippen molar-refractivity contribution in [1.29, 1.82) is 0 Å². The van der Waals surface area contributed by atoms with Crippen molar-refractivity contribution in [3.05, 3.63) is 23.3 Å². The second-order valence-corrected chi connectivity index (χ2v) is 3.91. The highest BCUT2D eigenvalue weighted by Gasteiger charge is 2.45. The molecule has 96 valence electrons. The van der Waals surface area contributed by atoms with Gasteiger partial charge in [0.15, 0.2) is 0 Å². The van der Waals surface area contributed by atoms with Crippen LogP contribution in [0.15, 0.2) is 17.0 Å². The van der Waals surface area contributed by atoms with Crippen molar-refractivity contribution in [2.75, 3.05) is 6.26 Å². The van der Waals surface area contributed by atoms with Crippen molar-refractivity contribution in [3.8, 4) is 5.75 Å². The van der Waals surface area contributed by atoms with E-state index in [1.54, 1.807) is 0 Å². The zero-order chi connectivity index (χ0) is 13.4. The van der Waals surface area contributed by atoms with Crippen LogP contribution < -0.4 is 0 Å². The van der Waals surface area contributed by atoms with Crippen LogP contribution in [0.25, 0.3) is 0 Å².